The molecule has 1 unspecified atom stereocenters. The maximum atomic E-state index is 10.6. The number of carbonyl (C=O) groups excluding carboxylic acids is 1. The summed E-state index contributed by atoms with van der Waals surface area (Å²) in [6, 6.07) is 7.91. The Bertz CT molecular complexity index is 339. The van der Waals surface area contributed by atoms with Crippen molar-refractivity contribution in [1.29, 1.82) is 0 Å². The number of rotatable bonds is 3. The highest BCUT2D eigenvalue weighted by atomic mass is 32.2. The molecule has 0 bridgehead atoms. The molecule has 15 heavy (non-hydrogen) atoms. The van der Waals surface area contributed by atoms with E-state index in [0.29, 0.717) is 0 Å². The van der Waals surface area contributed by atoms with Crippen molar-refractivity contribution < 1.29 is 9.53 Å². The Hall–Kier alpha value is -1.00. The van der Waals surface area contributed by atoms with Gasteiger partial charge in [0.2, 0.25) is 0 Å². The molecule has 0 aliphatic carbocycles. The van der Waals surface area contributed by atoms with Crippen molar-refractivity contribution in [2.45, 2.75) is 11.4 Å². The van der Waals surface area contributed by atoms with Crippen molar-refractivity contribution >= 4 is 18.0 Å². The zero-order valence-electron chi connectivity index (χ0n) is 8.47. The fourth-order valence-electron chi connectivity index (χ4n) is 1.54. The molecule has 0 amide bonds. The molecule has 0 saturated carbocycles. The summed E-state index contributed by atoms with van der Waals surface area (Å²) in [5.41, 5.74) is 1.19. The third-order valence-corrected chi connectivity index (χ3v) is 3.68. The van der Waals surface area contributed by atoms with E-state index in [4.69, 9.17) is 4.74 Å². The van der Waals surface area contributed by atoms with Crippen molar-refractivity contribution in [2.24, 2.45) is 0 Å². The van der Waals surface area contributed by atoms with E-state index in [1.807, 2.05) is 24.3 Å². The molecule has 1 aromatic rings. The van der Waals surface area contributed by atoms with Crippen LogP contribution in [0.15, 0.2) is 24.3 Å². The zero-order chi connectivity index (χ0) is 10.7. The number of benzene rings is 1. The molecule has 2 rings (SSSR count). The fraction of sp³-hybridized carbons (Fsp3) is 0.364. The first kappa shape index (κ1) is 10.5. The minimum Gasteiger partial charge on any atom is -0.497 e. The summed E-state index contributed by atoms with van der Waals surface area (Å²) in [5.74, 6) is 1.70. The highest BCUT2D eigenvalue weighted by Crippen LogP contribution is 2.32. The van der Waals surface area contributed by atoms with Crippen LogP contribution in [0.3, 0.4) is 0 Å². The van der Waals surface area contributed by atoms with Gasteiger partial charge in [0.15, 0.2) is 0 Å². The number of hydrogen-bond acceptors (Lipinski definition) is 4. The highest BCUT2D eigenvalue weighted by molar-refractivity contribution is 7.99. The molecule has 0 radical (unpaired) electrons. The number of carbonyl (C=O) groups is 1. The first-order chi connectivity index (χ1) is 7.33. The molecule has 1 aromatic carbocycles. The SMILES string of the molecule is COc1ccc(C2N[C@H](C=O)CS2)cc1. The van der Waals surface area contributed by atoms with Crippen LogP contribution < -0.4 is 10.1 Å². The van der Waals surface area contributed by atoms with Gasteiger partial charge >= 0.3 is 0 Å². The van der Waals surface area contributed by atoms with Crippen LogP contribution in [0.1, 0.15) is 10.9 Å². The average molecular weight is 223 g/mol. The van der Waals surface area contributed by atoms with Crippen LogP contribution >= 0.6 is 11.8 Å². The van der Waals surface area contributed by atoms with Gasteiger partial charge in [-0.25, -0.2) is 0 Å². The van der Waals surface area contributed by atoms with E-state index in [1.54, 1.807) is 18.9 Å². The second-order valence-corrected chi connectivity index (χ2v) is 4.53. The van der Waals surface area contributed by atoms with Crippen molar-refractivity contribution in [1.82, 2.24) is 5.32 Å². The van der Waals surface area contributed by atoms with Crippen LogP contribution in [-0.2, 0) is 4.79 Å². The standard InChI is InChI=1S/C11H13NO2S/c1-14-10-4-2-8(3-5-10)11-12-9(6-13)7-15-11/h2-6,9,11-12H,7H2,1H3/t9-,11?/m1/s1. The summed E-state index contributed by atoms with van der Waals surface area (Å²) in [6.07, 6.45) is 0.969. The minimum absolute atomic E-state index is 0.0119. The normalized spacial score (nSPS) is 25.1. The predicted octanol–water partition coefficient (Wildman–Crippen LogP) is 1.60. The van der Waals surface area contributed by atoms with Crippen molar-refractivity contribution in [3.63, 3.8) is 0 Å². The number of methoxy groups -OCH3 is 1. The molecule has 1 N–H and O–H groups in total. The van der Waals surface area contributed by atoms with Crippen LogP contribution in [0.2, 0.25) is 0 Å². The maximum absolute atomic E-state index is 10.6. The molecule has 0 spiro atoms. The maximum Gasteiger partial charge on any atom is 0.137 e. The molecule has 3 nitrogen and oxygen atoms in total. The molecular weight excluding hydrogens is 210 g/mol. The van der Waals surface area contributed by atoms with Crippen LogP contribution in [0, 0.1) is 0 Å². The van der Waals surface area contributed by atoms with Gasteiger partial charge in [-0.1, -0.05) is 12.1 Å². The lowest BCUT2D eigenvalue weighted by atomic mass is 10.2. The van der Waals surface area contributed by atoms with E-state index in [0.717, 1.165) is 17.8 Å². The molecule has 1 saturated heterocycles. The average Bonchev–Trinajstić information content (AvgIpc) is 2.78. The smallest absolute Gasteiger partial charge is 0.137 e. The van der Waals surface area contributed by atoms with Gasteiger partial charge in [-0.3, -0.25) is 5.32 Å². The Morgan fingerprint density at radius 1 is 1.47 bits per heavy atom. The van der Waals surface area contributed by atoms with Gasteiger partial charge < -0.3 is 9.53 Å². The van der Waals surface area contributed by atoms with Gasteiger partial charge in [0.05, 0.1) is 18.5 Å². The largest absolute Gasteiger partial charge is 0.497 e. The topological polar surface area (TPSA) is 38.3 Å². The number of thioether (sulfide) groups is 1. The van der Waals surface area contributed by atoms with Gasteiger partial charge in [-0.15, -0.1) is 11.8 Å². The molecule has 2 atom stereocenters. The van der Waals surface area contributed by atoms with Gasteiger partial charge in [0.25, 0.3) is 0 Å². The molecule has 1 aliphatic rings. The van der Waals surface area contributed by atoms with Crippen LogP contribution in [-0.4, -0.2) is 25.2 Å². The van der Waals surface area contributed by atoms with E-state index in [2.05, 4.69) is 5.32 Å². The Balaban J connectivity index is 2.07. The van der Waals surface area contributed by atoms with Gasteiger partial charge in [-0.2, -0.15) is 0 Å². The Kier molecular flexibility index (Phi) is 3.28. The van der Waals surface area contributed by atoms with E-state index in [-0.39, 0.29) is 11.4 Å². The lowest BCUT2D eigenvalue weighted by Gasteiger charge is -2.11. The lowest BCUT2D eigenvalue weighted by Crippen LogP contribution is -2.26. The number of aldehydes is 1. The summed E-state index contributed by atoms with van der Waals surface area (Å²) < 4.78 is 5.09. The van der Waals surface area contributed by atoms with E-state index in [9.17, 15) is 4.79 Å². The van der Waals surface area contributed by atoms with E-state index >= 15 is 0 Å². The first-order valence-electron chi connectivity index (χ1n) is 4.80. The molecule has 4 heteroatoms. The Morgan fingerprint density at radius 2 is 2.20 bits per heavy atom. The van der Waals surface area contributed by atoms with Crippen molar-refractivity contribution in [3.8, 4) is 5.75 Å². The van der Waals surface area contributed by atoms with Gasteiger partial charge in [0.1, 0.15) is 12.0 Å². The quantitative estimate of drug-likeness (QED) is 0.790. The van der Waals surface area contributed by atoms with Crippen LogP contribution in [0.5, 0.6) is 5.75 Å². The molecular formula is C11H13NO2S. The van der Waals surface area contributed by atoms with Crippen molar-refractivity contribution in [3.05, 3.63) is 29.8 Å². The summed E-state index contributed by atoms with van der Waals surface area (Å²) in [5, 5.41) is 3.48. The summed E-state index contributed by atoms with van der Waals surface area (Å²) >= 11 is 1.76. The van der Waals surface area contributed by atoms with E-state index in [1.165, 1.54) is 5.56 Å². The summed E-state index contributed by atoms with van der Waals surface area (Å²) in [6.45, 7) is 0. The van der Waals surface area contributed by atoms with Crippen molar-refractivity contribution in [2.75, 3.05) is 12.9 Å². The Labute approximate surface area is 93.2 Å². The fourth-order valence-corrected chi connectivity index (χ4v) is 2.74. The third kappa shape index (κ3) is 2.33. The number of hydrogen-bond donors (Lipinski definition) is 1. The number of nitrogens with one attached hydrogen (secondary N) is 1. The van der Waals surface area contributed by atoms with Gasteiger partial charge in [-0.05, 0) is 17.7 Å². The summed E-state index contributed by atoms with van der Waals surface area (Å²) in [4.78, 5) is 10.6. The molecule has 1 heterocycles. The third-order valence-electron chi connectivity index (χ3n) is 2.39. The zero-order valence-corrected chi connectivity index (χ0v) is 9.29. The molecule has 1 aliphatic heterocycles. The second kappa shape index (κ2) is 4.68. The molecule has 0 aromatic heterocycles. The predicted molar refractivity (Wildman–Crippen MR) is 61.2 cm³/mol. The van der Waals surface area contributed by atoms with Crippen LogP contribution in [0.25, 0.3) is 0 Å². The molecule has 80 valence electrons. The Morgan fingerprint density at radius 3 is 2.73 bits per heavy atom. The second-order valence-electron chi connectivity index (χ2n) is 3.40. The lowest BCUT2D eigenvalue weighted by molar-refractivity contribution is -0.109. The highest BCUT2D eigenvalue weighted by Gasteiger charge is 2.24. The monoisotopic (exact) mass is 223 g/mol. The minimum atomic E-state index is -0.0119. The molecule has 1 fully saturated rings. The van der Waals surface area contributed by atoms with Crippen LogP contribution in [0.4, 0.5) is 0 Å². The van der Waals surface area contributed by atoms with Gasteiger partial charge in [0, 0.05) is 5.75 Å². The van der Waals surface area contributed by atoms with E-state index < -0.39 is 0 Å². The summed E-state index contributed by atoms with van der Waals surface area (Å²) in [7, 11) is 1.65. The first-order valence-corrected chi connectivity index (χ1v) is 5.85. The number of ether oxygens (including phenoxy) is 1.